The van der Waals surface area contributed by atoms with Crippen molar-refractivity contribution in [3.8, 4) is 0 Å². The van der Waals surface area contributed by atoms with Crippen LogP contribution in [0.15, 0.2) is 30.0 Å². The van der Waals surface area contributed by atoms with Gasteiger partial charge in [0.2, 0.25) is 0 Å². The molecule has 1 aromatic rings. The molecule has 0 amide bonds. The highest BCUT2D eigenvalue weighted by atomic mass is 16.5. The fourth-order valence-corrected chi connectivity index (χ4v) is 3.65. The van der Waals surface area contributed by atoms with Crippen molar-refractivity contribution in [3.63, 3.8) is 0 Å². The lowest BCUT2D eigenvalue weighted by Gasteiger charge is -2.31. The van der Waals surface area contributed by atoms with E-state index in [-0.39, 0.29) is 52.5 Å². The number of esters is 2. The van der Waals surface area contributed by atoms with Crippen LogP contribution in [0.5, 0.6) is 0 Å². The van der Waals surface area contributed by atoms with Gasteiger partial charge in [0.05, 0.1) is 43.8 Å². The third-order valence-corrected chi connectivity index (χ3v) is 5.14. The number of carbonyl (C=O) groups excluding carboxylic acids is 2. The van der Waals surface area contributed by atoms with E-state index in [0.29, 0.717) is 30.6 Å². The molecule has 192 valence electrons. The van der Waals surface area contributed by atoms with Gasteiger partial charge in [-0.15, -0.1) is 0 Å². The molecule has 1 aromatic heterocycles. The molecule has 2 N–H and O–H groups in total. The van der Waals surface area contributed by atoms with Gasteiger partial charge in [-0.25, -0.2) is 9.59 Å². The number of hydrogen-bond acceptors (Lipinski definition) is 10. The highest BCUT2D eigenvalue weighted by Crippen LogP contribution is 2.12. The Morgan fingerprint density at radius 3 is 1.77 bits per heavy atom. The second-order valence-corrected chi connectivity index (χ2v) is 7.81. The summed E-state index contributed by atoms with van der Waals surface area (Å²) in [5.41, 5.74) is 0.988. The van der Waals surface area contributed by atoms with Crippen molar-refractivity contribution in [2.75, 3.05) is 52.5 Å². The first-order valence-corrected chi connectivity index (χ1v) is 11.3. The van der Waals surface area contributed by atoms with Gasteiger partial charge in [-0.05, 0) is 26.0 Å². The van der Waals surface area contributed by atoms with Crippen molar-refractivity contribution >= 4 is 23.9 Å². The van der Waals surface area contributed by atoms with E-state index in [2.05, 4.69) is 4.98 Å². The highest BCUT2D eigenvalue weighted by Gasteiger charge is 2.23. The first-order chi connectivity index (χ1) is 16.7. The van der Waals surface area contributed by atoms with Gasteiger partial charge in [-0.3, -0.25) is 24.4 Å². The molecule has 12 nitrogen and oxygen atoms in total. The largest absolute Gasteiger partial charge is 0.478 e. The Hall–Kier alpha value is -3.51. The molecule has 12 heteroatoms. The van der Waals surface area contributed by atoms with Crippen molar-refractivity contribution in [2.24, 2.45) is 0 Å². The molecule has 2 heterocycles. The van der Waals surface area contributed by atoms with Crippen molar-refractivity contribution in [1.29, 1.82) is 0 Å². The number of hydrogen-bond donors (Lipinski definition) is 2. The fraction of sp³-hybridized carbons (Fsp3) is 0.522. The Balaban J connectivity index is 2.39. The Morgan fingerprint density at radius 1 is 0.886 bits per heavy atom. The maximum Gasteiger partial charge on any atom is 0.352 e. The summed E-state index contributed by atoms with van der Waals surface area (Å²) in [6, 6.07) is 5.47. The van der Waals surface area contributed by atoms with E-state index in [1.807, 2.05) is 18.2 Å². The van der Waals surface area contributed by atoms with Crippen LogP contribution in [0, 0.1) is 0 Å². The first kappa shape index (κ1) is 27.7. The Morgan fingerprint density at radius 2 is 1.37 bits per heavy atom. The highest BCUT2D eigenvalue weighted by molar-refractivity contribution is 5.94. The molecule has 0 saturated heterocycles. The summed E-state index contributed by atoms with van der Waals surface area (Å²) in [5.74, 6) is -3.63. The predicted molar refractivity (Wildman–Crippen MR) is 123 cm³/mol. The number of pyridine rings is 1. The fourth-order valence-electron chi connectivity index (χ4n) is 3.65. The topological polar surface area (TPSA) is 150 Å². The predicted octanol–water partition coefficient (Wildman–Crippen LogP) is 0.181. The maximum atomic E-state index is 12.1. The molecular weight excluding hydrogens is 460 g/mol. The number of aliphatic carboxylic acids is 2. The smallest absolute Gasteiger partial charge is 0.352 e. The molecule has 2 bridgehead atoms. The second-order valence-electron chi connectivity index (χ2n) is 7.81. The molecule has 0 aliphatic carbocycles. The standard InChI is InChI=1S/C23H32N4O8/c1-3-34-21(30)15-25-8-10-27(19(23(32)33)12-20(28)29)11-9-26(16-22(31)35-4-2)14-18-7-5-6-17(13-25)24-18/h5-7,12H,3-4,8-11,13-16H2,1-2H3,(H,28,29)(H,32,33). The maximum absolute atomic E-state index is 12.1. The van der Waals surface area contributed by atoms with Gasteiger partial charge in [0, 0.05) is 39.3 Å². The number of carboxylic acids is 2. The van der Waals surface area contributed by atoms with Gasteiger partial charge >= 0.3 is 23.9 Å². The van der Waals surface area contributed by atoms with Crippen LogP contribution in [0.25, 0.3) is 0 Å². The zero-order valence-electron chi connectivity index (χ0n) is 20.0. The van der Waals surface area contributed by atoms with Gasteiger partial charge < -0.3 is 24.6 Å². The molecule has 35 heavy (non-hydrogen) atoms. The van der Waals surface area contributed by atoms with Crippen LogP contribution >= 0.6 is 0 Å². The summed E-state index contributed by atoms with van der Waals surface area (Å²) in [6.07, 6.45) is 0.643. The van der Waals surface area contributed by atoms with Crippen LogP contribution in [-0.2, 0) is 41.7 Å². The zero-order chi connectivity index (χ0) is 25.8. The second kappa shape index (κ2) is 14.0. The van der Waals surface area contributed by atoms with Gasteiger partial charge in [0.1, 0.15) is 5.70 Å². The summed E-state index contributed by atoms with van der Waals surface area (Å²) in [5, 5.41) is 18.9. The van der Waals surface area contributed by atoms with Crippen LogP contribution in [0.1, 0.15) is 25.2 Å². The average molecular weight is 493 g/mol. The SMILES string of the molecule is CCOC(=O)CN1CCN(C(=CC(=O)O)C(=O)O)CCN(CC(=O)OCC)Cc2cccc(n2)C1. The molecule has 0 saturated carbocycles. The van der Waals surface area contributed by atoms with E-state index in [1.165, 1.54) is 4.90 Å². The van der Waals surface area contributed by atoms with E-state index in [1.54, 1.807) is 23.6 Å². The monoisotopic (exact) mass is 492 g/mol. The summed E-state index contributed by atoms with van der Waals surface area (Å²) in [6.45, 7) is 5.13. The van der Waals surface area contributed by atoms with Crippen molar-refractivity contribution in [3.05, 3.63) is 41.4 Å². The number of ether oxygens (including phenoxy) is 2. The average Bonchev–Trinajstić information content (AvgIpc) is 2.77. The molecule has 1 aliphatic rings. The minimum atomic E-state index is -1.39. The number of aromatic nitrogens is 1. The van der Waals surface area contributed by atoms with Crippen molar-refractivity contribution in [2.45, 2.75) is 26.9 Å². The first-order valence-electron chi connectivity index (χ1n) is 11.3. The molecular formula is C23H32N4O8. The number of rotatable bonds is 9. The lowest BCUT2D eigenvalue weighted by atomic mass is 10.2. The molecule has 1 aliphatic heterocycles. The number of carboxylic acid groups (broad SMARTS) is 2. The summed E-state index contributed by atoms with van der Waals surface area (Å²) >= 11 is 0. The van der Waals surface area contributed by atoms with Gasteiger partial charge in [-0.2, -0.15) is 0 Å². The number of fused-ring (bicyclic) bond motifs is 2. The summed E-state index contributed by atoms with van der Waals surface area (Å²) < 4.78 is 10.1. The van der Waals surface area contributed by atoms with Crippen LogP contribution < -0.4 is 0 Å². The quantitative estimate of drug-likeness (QED) is 0.357. The summed E-state index contributed by atoms with van der Waals surface area (Å²) in [4.78, 5) is 57.1. The minimum Gasteiger partial charge on any atom is -0.478 e. The normalized spacial score (nSPS) is 16.1. The van der Waals surface area contributed by atoms with E-state index in [9.17, 15) is 29.4 Å². The number of nitrogens with zero attached hydrogens (tertiary/aromatic N) is 4. The van der Waals surface area contributed by atoms with E-state index in [0.717, 1.165) is 0 Å². The van der Waals surface area contributed by atoms with Crippen LogP contribution in [0.4, 0.5) is 0 Å². The van der Waals surface area contributed by atoms with Crippen LogP contribution in [-0.4, -0.2) is 106 Å². The van der Waals surface area contributed by atoms with Crippen molar-refractivity contribution < 1.29 is 38.9 Å². The van der Waals surface area contributed by atoms with Gasteiger partial charge in [-0.1, -0.05) is 6.07 Å². The molecule has 0 fully saturated rings. The van der Waals surface area contributed by atoms with Crippen LogP contribution in [0.2, 0.25) is 0 Å². The molecule has 0 atom stereocenters. The zero-order valence-corrected chi connectivity index (χ0v) is 20.0. The molecule has 0 spiro atoms. The Kier molecular flexibility index (Phi) is 11.1. The van der Waals surface area contributed by atoms with E-state index in [4.69, 9.17) is 9.47 Å². The summed E-state index contributed by atoms with van der Waals surface area (Å²) in [7, 11) is 0. The molecule has 0 aromatic carbocycles. The Labute approximate surface area is 203 Å². The Bertz CT molecular complexity index is 887. The lowest BCUT2D eigenvalue weighted by Crippen LogP contribution is -2.43. The minimum absolute atomic E-state index is 0.0341. The van der Waals surface area contributed by atoms with Gasteiger partial charge in [0.25, 0.3) is 0 Å². The number of carbonyl (C=O) groups is 4. The third kappa shape index (κ3) is 9.71. The van der Waals surface area contributed by atoms with E-state index >= 15 is 0 Å². The lowest BCUT2D eigenvalue weighted by molar-refractivity contribution is -0.145. The van der Waals surface area contributed by atoms with Crippen molar-refractivity contribution in [1.82, 2.24) is 19.7 Å². The van der Waals surface area contributed by atoms with E-state index < -0.39 is 29.6 Å². The van der Waals surface area contributed by atoms with Crippen LogP contribution in [0.3, 0.4) is 0 Å². The third-order valence-electron chi connectivity index (χ3n) is 5.14. The molecule has 0 unspecified atom stereocenters. The molecule has 0 radical (unpaired) electrons. The molecule has 2 rings (SSSR count). The van der Waals surface area contributed by atoms with Gasteiger partial charge in [0.15, 0.2) is 0 Å².